The number of rotatable bonds is 5. The van der Waals surface area contributed by atoms with Gasteiger partial charge in [-0.1, -0.05) is 32.4 Å². The van der Waals surface area contributed by atoms with Gasteiger partial charge in [0.1, 0.15) is 26.2 Å². The Morgan fingerprint density at radius 2 is 1.59 bits per heavy atom. The van der Waals surface area contributed by atoms with E-state index in [1.54, 1.807) is 47.6 Å². The topological polar surface area (TPSA) is 52.6 Å². The Kier molecular flexibility index (Phi) is 8.66. The lowest BCUT2D eigenvalue weighted by Gasteiger charge is -2.18. The van der Waals surface area contributed by atoms with Gasteiger partial charge in [0, 0.05) is 0 Å². The first-order valence-corrected chi connectivity index (χ1v) is 7.32. The number of benzene rings is 1. The first-order valence-electron chi connectivity index (χ1n) is 6.91. The van der Waals surface area contributed by atoms with Gasteiger partial charge in [0.05, 0.1) is 14.2 Å². The molecule has 4 nitrogen and oxygen atoms in total. The van der Waals surface area contributed by atoms with Crippen LogP contribution in [0.15, 0.2) is 29.8 Å². The molecule has 0 heterocycles. The van der Waals surface area contributed by atoms with Crippen LogP contribution in [0.1, 0.15) is 44.5 Å². The first-order chi connectivity index (χ1) is 10.3. The van der Waals surface area contributed by atoms with E-state index in [1.165, 1.54) is 0 Å². The Morgan fingerprint density at radius 1 is 1.14 bits per heavy atom. The minimum Gasteiger partial charge on any atom is -0.496 e. The minimum absolute atomic E-state index is 0.0824. The molecule has 5 heteroatoms. The molecule has 1 rings (SSSR count). The van der Waals surface area contributed by atoms with Crippen LogP contribution in [-0.2, 0) is 4.57 Å². The second kappa shape index (κ2) is 9.37. The van der Waals surface area contributed by atoms with Crippen molar-refractivity contribution in [1.82, 2.24) is 0 Å². The molecule has 0 saturated heterocycles. The number of ketones is 1. The van der Waals surface area contributed by atoms with Crippen LogP contribution in [0.2, 0.25) is 0 Å². The van der Waals surface area contributed by atoms with Crippen molar-refractivity contribution in [3.8, 4) is 11.5 Å². The van der Waals surface area contributed by atoms with Gasteiger partial charge in [-0.05, 0) is 37.0 Å². The fourth-order valence-electron chi connectivity index (χ4n) is 2.28. The number of methoxy groups -OCH3 is 2. The van der Waals surface area contributed by atoms with Crippen LogP contribution in [-0.4, -0.2) is 20.0 Å². The summed E-state index contributed by atoms with van der Waals surface area (Å²) in [7, 11) is 4.83. The van der Waals surface area contributed by atoms with Crippen LogP contribution >= 0.6 is 9.12 Å². The van der Waals surface area contributed by atoms with Crippen molar-refractivity contribution in [3.63, 3.8) is 0 Å². The van der Waals surface area contributed by atoms with Crippen molar-refractivity contribution in [3.05, 3.63) is 35.4 Å². The molecule has 1 aromatic rings. The van der Waals surface area contributed by atoms with E-state index < -0.39 is 0 Å². The van der Waals surface area contributed by atoms with E-state index in [1.807, 2.05) is 6.92 Å². The second-order valence-corrected chi connectivity index (χ2v) is 6.13. The molecule has 22 heavy (non-hydrogen) atoms. The molecule has 0 radical (unpaired) electrons. The van der Waals surface area contributed by atoms with Crippen molar-refractivity contribution < 1.29 is 18.8 Å². The van der Waals surface area contributed by atoms with Gasteiger partial charge in [-0.3, -0.25) is 9.36 Å². The van der Waals surface area contributed by atoms with Gasteiger partial charge in [-0.15, -0.1) is 0 Å². The zero-order chi connectivity index (χ0) is 17.3. The number of hydrogen-bond acceptors (Lipinski definition) is 4. The lowest BCUT2D eigenvalue weighted by Crippen LogP contribution is -2.07. The minimum atomic E-state index is -0.0824. The van der Waals surface area contributed by atoms with Crippen LogP contribution in [0.3, 0.4) is 0 Å². The Labute approximate surface area is 135 Å². The largest absolute Gasteiger partial charge is 0.496 e. The van der Waals surface area contributed by atoms with Gasteiger partial charge < -0.3 is 9.47 Å². The molecule has 0 unspecified atom stereocenters. The third-order valence-corrected chi connectivity index (χ3v) is 2.86. The molecule has 122 valence electrons. The zero-order valence-corrected chi connectivity index (χ0v) is 15.1. The molecular formula is C17H25O4P. The summed E-state index contributed by atoms with van der Waals surface area (Å²) in [6.07, 6.45) is 2.54. The van der Waals surface area contributed by atoms with E-state index >= 15 is 0 Å². The summed E-state index contributed by atoms with van der Waals surface area (Å²) in [4.78, 5) is 12.5. The van der Waals surface area contributed by atoms with Gasteiger partial charge in [0.25, 0.3) is 0 Å². The number of carbonyl (C=O) groups is 1. The molecule has 0 aromatic heterocycles. The summed E-state index contributed by atoms with van der Waals surface area (Å²) < 4.78 is 18.6. The summed E-state index contributed by atoms with van der Waals surface area (Å²) in [6.45, 7) is 8.43. The molecule has 0 amide bonds. The third kappa shape index (κ3) is 6.40. The molecule has 0 atom stereocenters. The monoisotopic (exact) mass is 324 g/mol. The van der Waals surface area contributed by atoms with Crippen molar-refractivity contribution in [2.24, 2.45) is 5.41 Å². The number of ether oxygens (including phenoxy) is 2. The maximum absolute atomic E-state index is 12.5. The normalized spacial score (nSPS) is 11.3. The third-order valence-electron chi connectivity index (χ3n) is 2.86. The number of allylic oxidation sites excluding steroid dienone is 2. The number of carbonyl (C=O) groups excluding carboxylic acids is 1. The molecule has 0 aliphatic carbocycles. The van der Waals surface area contributed by atoms with Crippen molar-refractivity contribution in [2.45, 2.75) is 34.1 Å². The van der Waals surface area contributed by atoms with Gasteiger partial charge in [-0.2, -0.15) is 0 Å². The van der Waals surface area contributed by atoms with Crippen LogP contribution in [0.25, 0.3) is 0 Å². The Bertz CT molecular complexity index is 508. The zero-order valence-electron chi connectivity index (χ0n) is 14.1. The highest BCUT2D eigenvalue weighted by Crippen LogP contribution is 2.30. The Hall–Kier alpha value is -1.67. The van der Waals surface area contributed by atoms with Crippen molar-refractivity contribution >= 4 is 14.9 Å². The lowest BCUT2D eigenvalue weighted by atomic mass is 9.88. The van der Waals surface area contributed by atoms with E-state index in [0.717, 1.165) is 12.0 Å². The van der Waals surface area contributed by atoms with E-state index in [2.05, 4.69) is 20.8 Å². The average Bonchev–Trinajstić information content (AvgIpc) is 2.46. The quantitative estimate of drug-likeness (QED) is 0.446. The average molecular weight is 324 g/mol. The summed E-state index contributed by atoms with van der Waals surface area (Å²) in [5.74, 6) is 0.990. The Balaban J connectivity index is 0.00000211. The van der Waals surface area contributed by atoms with E-state index in [9.17, 15) is 4.79 Å². The summed E-state index contributed by atoms with van der Waals surface area (Å²) in [5.41, 5.74) is 1.69. The molecule has 0 N–H and O–H groups in total. The van der Waals surface area contributed by atoms with Crippen LogP contribution in [0.5, 0.6) is 11.5 Å². The van der Waals surface area contributed by atoms with E-state index in [4.69, 9.17) is 14.0 Å². The van der Waals surface area contributed by atoms with Crippen LogP contribution < -0.4 is 9.47 Å². The van der Waals surface area contributed by atoms with E-state index in [-0.39, 0.29) is 11.2 Å². The predicted octanol–water partition coefficient (Wildman–Crippen LogP) is 4.74. The highest BCUT2D eigenvalue weighted by molar-refractivity contribution is 7.00. The van der Waals surface area contributed by atoms with Crippen molar-refractivity contribution in [2.75, 3.05) is 14.2 Å². The smallest absolute Gasteiger partial charge is 0.193 e. The molecule has 0 bridgehead atoms. The summed E-state index contributed by atoms with van der Waals surface area (Å²) >= 11 is 0. The van der Waals surface area contributed by atoms with Gasteiger partial charge in [0.2, 0.25) is 0 Å². The fraction of sp³-hybridized carbons (Fsp3) is 0.471. The molecule has 1 aromatic carbocycles. The first kappa shape index (κ1) is 20.3. The van der Waals surface area contributed by atoms with Crippen LogP contribution in [0.4, 0.5) is 0 Å². The standard InChI is InChI=1S/C17H24O3.HOP/c1-12(11-17(2,3)4)10-13(18)16-14(19-5)8-7-9-15(16)20-6;1-2/h7-10H,11H2,1-6H3;2H. The van der Waals surface area contributed by atoms with Crippen LogP contribution in [0, 0.1) is 5.41 Å². The molecule has 0 aliphatic rings. The predicted molar refractivity (Wildman–Crippen MR) is 90.7 cm³/mol. The Morgan fingerprint density at radius 3 is 1.95 bits per heavy atom. The molecule has 0 fully saturated rings. The highest BCUT2D eigenvalue weighted by Gasteiger charge is 2.17. The highest BCUT2D eigenvalue weighted by atomic mass is 31.0. The summed E-state index contributed by atoms with van der Waals surface area (Å²) in [5, 5.41) is 0. The lowest BCUT2D eigenvalue weighted by molar-refractivity contribution is 0.104. The maximum atomic E-state index is 12.5. The number of hydrogen-bond donors (Lipinski definition) is 0. The van der Waals surface area contributed by atoms with Gasteiger partial charge in [0.15, 0.2) is 5.78 Å². The molecule has 0 aliphatic heterocycles. The van der Waals surface area contributed by atoms with Gasteiger partial charge in [-0.25, -0.2) is 0 Å². The molecule has 0 spiro atoms. The molecule has 0 saturated carbocycles. The maximum Gasteiger partial charge on any atom is 0.193 e. The summed E-state index contributed by atoms with van der Waals surface area (Å²) in [6, 6.07) is 5.34. The SMILES string of the molecule is COc1cccc(OC)c1C(=O)C=C(C)CC(C)(C)C.O=P. The van der Waals surface area contributed by atoms with Gasteiger partial charge >= 0.3 is 0 Å². The fourth-order valence-corrected chi connectivity index (χ4v) is 2.28. The second-order valence-electron chi connectivity index (χ2n) is 6.13. The molecular weight excluding hydrogens is 299 g/mol. The van der Waals surface area contributed by atoms with E-state index in [0.29, 0.717) is 17.1 Å². The van der Waals surface area contributed by atoms with Crippen molar-refractivity contribution in [1.29, 1.82) is 0 Å².